The maximum absolute atomic E-state index is 13.7. The predicted octanol–water partition coefficient (Wildman–Crippen LogP) is 1.73. The quantitative estimate of drug-likeness (QED) is 0.317. The fourth-order valence-corrected chi connectivity index (χ4v) is 3.49. The van der Waals surface area contributed by atoms with Gasteiger partial charge in [-0.2, -0.15) is 0 Å². The summed E-state index contributed by atoms with van der Waals surface area (Å²) >= 11 is 0. The van der Waals surface area contributed by atoms with E-state index in [1.807, 2.05) is 20.8 Å². The molecule has 0 saturated heterocycles. The number of nitrogens with two attached hydrogens (primary N) is 1. The van der Waals surface area contributed by atoms with Gasteiger partial charge in [-0.1, -0.05) is 6.92 Å². The smallest absolute Gasteiger partial charge is 0.258 e. The maximum atomic E-state index is 13.7. The molecule has 31 heavy (non-hydrogen) atoms. The van der Waals surface area contributed by atoms with Crippen LogP contribution in [-0.2, 0) is 9.59 Å². The van der Waals surface area contributed by atoms with Crippen molar-refractivity contribution in [3.63, 3.8) is 0 Å². The van der Waals surface area contributed by atoms with Crippen LogP contribution in [0.3, 0.4) is 0 Å². The number of carbonyl (C=O) groups is 3. The minimum atomic E-state index is -0.395. The molecule has 1 aliphatic heterocycles. The van der Waals surface area contributed by atoms with Gasteiger partial charge in [0.1, 0.15) is 5.82 Å². The lowest BCUT2D eigenvalue weighted by Crippen LogP contribution is -2.32. The number of nitrogens with zero attached hydrogens (tertiary/aromatic N) is 1. The molecule has 166 valence electrons. The van der Waals surface area contributed by atoms with Gasteiger partial charge in [0.25, 0.3) is 11.8 Å². The molecule has 1 aromatic heterocycles. The fraction of sp³-hybridized carbons (Fsp3) is 0.318. The Balaban J connectivity index is 0.00000107. The average Bonchev–Trinajstić information content (AvgIpc) is 3.13. The fourth-order valence-electron chi connectivity index (χ4n) is 3.49. The van der Waals surface area contributed by atoms with E-state index in [9.17, 15) is 14.0 Å². The molecule has 9 heteroatoms. The van der Waals surface area contributed by atoms with Gasteiger partial charge in [0, 0.05) is 37.1 Å². The summed E-state index contributed by atoms with van der Waals surface area (Å²) in [7, 11) is 1.66. The zero-order chi connectivity index (χ0) is 23.1. The standard InChI is InChI=1S/C21H25FN4O2.CH3NO/c1-5-23-8-9-24-20(27)19-12(2)17(25-13(19)3)11-16-15-10-14(22)6-7-18(15)26(4)21(16)28;2-1-3/h6-7,10-11,23,25H,5,8-9H2,1-4H3,(H,24,27);1H,(H2,2,3)/b16-11-;. The molecule has 1 aliphatic rings. The predicted molar refractivity (Wildman–Crippen MR) is 119 cm³/mol. The summed E-state index contributed by atoms with van der Waals surface area (Å²) < 4.78 is 13.7. The molecule has 0 radical (unpaired) electrons. The van der Waals surface area contributed by atoms with E-state index in [4.69, 9.17) is 4.79 Å². The zero-order valence-electron chi connectivity index (χ0n) is 18.1. The number of aromatic nitrogens is 1. The summed E-state index contributed by atoms with van der Waals surface area (Å²) in [5.74, 6) is -0.757. The number of fused-ring (bicyclic) bond motifs is 1. The molecule has 0 spiro atoms. The third-order valence-electron chi connectivity index (χ3n) is 4.97. The molecular formula is C22H28FN5O3. The molecule has 0 saturated carbocycles. The van der Waals surface area contributed by atoms with E-state index in [0.29, 0.717) is 41.2 Å². The van der Waals surface area contributed by atoms with Gasteiger partial charge < -0.3 is 26.3 Å². The Morgan fingerprint density at radius 2 is 1.97 bits per heavy atom. The number of aryl methyl sites for hydroxylation is 1. The van der Waals surface area contributed by atoms with Crippen molar-refractivity contribution in [2.45, 2.75) is 20.8 Å². The van der Waals surface area contributed by atoms with Crippen LogP contribution < -0.4 is 21.3 Å². The van der Waals surface area contributed by atoms with Crippen molar-refractivity contribution in [3.8, 4) is 0 Å². The van der Waals surface area contributed by atoms with Crippen LogP contribution in [0, 0.1) is 19.7 Å². The lowest BCUT2D eigenvalue weighted by molar-refractivity contribution is -0.112. The van der Waals surface area contributed by atoms with Crippen LogP contribution in [0.1, 0.15) is 39.8 Å². The number of rotatable bonds is 6. The van der Waals surface area contributed by atoms with Crippen molar-refractivity contribution in [3.05, 3.63) is 52.1 Å². The number of H-pyrrole nitrogens is 1. The summed E-state index contributed by atoms with van der Waals surface area (Å²) in [5, 5.41) is 6.05. The van der Waals surface area contributed by atoms with Crippen LogP contribution in [0.5, 0.6) is 0 Å². The minimum absolute atomic E-state index is 0.157. The van der Waals surface area contributed by atoms with E-state index in [-0.39, 0.29) is 18.2 Å². The van der Waals surface area contributed by atoms with Crippen LogP contribution in [0.15, 0.2) is 18.2 Å². The molecule has 0 unspecified atom stereocenters. The van der Waals surface area contributed by atoms with Crippen molar-refractivity contribution < 1.29 is 18.8 Å². The second kappa shape index (κ2) is 10.5. The molecule has 2 heterocycles. The maximum Gasteiger partial charge on any atom is 0.258 e. The molecule has 2 aromatic rings. The van der Waals surface area contributed by atoms with E-state index < -0.39 is 5.82 Å². The highest BCUT2D eigenvalue weighted by Gasteiger charge is 2.30. The second-order valence-corrected chi connectivity index (χ2v) is 6.99. The molecule has 5 N–H and O–H groups in total. The van der Waals surface area contributed by atoms with Gasteiger partial charge in [-0.3, -0.25) is 14.4 Å². The minimum Gasteiger partial charge on any atom is -0.372 e. The molecular weight excluding hydrogens is 401 g/mol. The van der Waals surface area contributed by atoms with Crippen molar-refractivity contribution in [2.75, 3.05) is 31.6 Å². The van der Waals surface area contributed by atoms with E-state index in [1.165, 1.54) is 17.0 Å². The van der Waals surface area contributed by atoms with Gasteiger partial charge >= 0.3 is 0 Å². The van der Waals surface area contributed by atoms with Crippen molar-refractivity contribution in [2.24, 2.45) is 5.73 Å². The summed E-state index contributed by atoms with van der Waals surface area (Å²) in [4.78, 5) is 38.5. The van der Waals surface area contributed by atoms with Crippen molar-refractivity contribution in [1.29, 1.82) is 0 Å². The average molecular weight is 429 g/mol. The van der Waals surface area contributed by atoms with Crippen LogP contribution in [0.2, 0.25) is 0 Å². The Bertz CT molecular complexity index is 1010. The van der Waals surface area contributed by atoms with Crippen LogP contribution in [0.25, 0.3) is 11.6 Å². The number of hydrogen-bond donors (Lipinski definition) is 4. The third kappa shape index (κ3) is 5.18. The number of carbonyl (C=O) groups excluding carboxylic acids is 3. The number of likely N-dealkylation sites (N-methyl/N-ethyl adjacent to an activating group) is 2. The molecule has 1 aromatic carbocycles. The van der Waals surface area contributed by atoms with Crippen LogP contribution >= 0.6 is 0 Å². The SMILES string of the molecule is CCNCCNC(=O)c1c(C)[nH]c(/C=C2\C(=O)N(C)c3ccc(F)cc32)c1C.NC=O. The molecule has 0 bridgehead atoms. The number of hydrogen-bond acceptors (Lipinski definition) is 4. The first-order chi connectivity index (χ1) is 14.8. The normalized spacial score (nSPS) is 13.6. The molecule has 0 fully saturated rings. The molecule has 8 nitrogen and oxygen atoms in total. The Kier molecular flexibility index (Phi) is 8.09. The van der Waals surface area contributed by atoms with Gasteiger partial charge in [-0.15, -0.1) is 0 Å². The monoisotopic (exact) mass is 429 g/mol. The number of benzene rings is 1. The van der Waals surface area contributed by atoms with Gasteiger partial charge in [0.05, 0.1) is 16.8 Å². The first-order valence-electron chi connectivity index (χ1n) is 9.89. The van der Waals surface area contributed by atoms with E-state index in [1.54, 1.807) is 19.2 Å². The highest BCUT2D eigenvalue weighted by molar-refractivity contribution is 6.35. The van der Waals surface area contributed by atoms with Gasteiger partial charge in [0.2, 0.25) is 6.41 Å². The Labute approximate surface area is 180 Å². The topological polar surface area (TPSA) is 120 Å². The number of amides is 3. The zero-order valence-corrected chi connectivity index (χ0v) is 18.1. The first-order valence-corrected chi connectivity index (χ1v) is 9.89. The third-order valence-corrected chi connectivity index (χ3v) is 4.97. The number of anilines is 1. The number of nitrogens with one attached hydrogen (secondary N) is 3. The highest BCUT2D eigenvalue weighted by atomic mass is 19.1. The van der Waals surface area contributed by atoms with Crippen LogP contribution in [-0.4, -0.2) is 49.9 Å². The number of aromatic amines is 1. The van der Waals surface area contributed by atoms with E-state index in [0.717, 1.165) is 17.8 Å². The van der Waals surface area contributed by atoms with Gasteiger partial charge in [-0.05, 0) is 50.2 Å². The molecule has 3 rings (SSSR count). The van der Waals surface area contributed by atoms with Gasteiger partial charge in [-0.25, -0.2) is 4.39 Å². The number of primary amides is 1. The van der Waals surface area contributed by atoms with Crippen molar-refractivity contribution >= 4 is 35.6 Å². The molecule has 0 atom stereocenters. The second-order valence-electron chi connectivity index (χ2n) is 6.99. The Morgan fingerprint density at radius 1 is 1.29 bits per heavy atom. The lowest BCUT2D eigenvalue weighted by Gasteiger charge is -2.08. The molecule has 0 aliphatic carbocycles. The van der Waals surface area contributed by atoms with E-state index >= 15 is 0 Å². The summed E-state index contributed by atoms with van der Waals surface area (Å²) in [5.41, 5.74) is 8.51. The van der Waals surface area contributed by atoms with E-state index in [2.05, 4.69) is 21.4 Å². The summed E-state index contributed by atoms with van der Waals surface area (Å²) in [6, 6.07) is 4.30. The summed E-state index contributed by atoms with van der Waals surface area (Å²) in [6.07, 6.45) is 1.95. The largest absolute Gasteiger partial charge is 0.372 e. The molecule has 3 amide bonds. The number of halogens is 1. The first kappa shape index (κ1) is 23.8. The summed E-state index contributed by atoms with van der Waals surface area (Å²) in [6.45, 7) is 7.75. The Morgan fingerprint density at radius 3 is 2.61 bits per heavy atom. The highest BCUT2D eigenvalue weighted by Crippen LogP contribution is 2.37. The lowest BCUT2D eigenvalue weighted by atomic mass is 10.0. The van der Waals surface area contributed by atoms with Crippen molar-refractivity contribution in [1.82, 2.24) is 15.6 Å². The van der Waals surface area contributed by atoms with Crippen LogP contribution in [0.4, 0.5) is 10.1 Å². The Hall–Kier alpha value is -3.46. The van der Waals surface area contributed by atoms with Gasteiger partial charge in [0.15, 0.2) is 0 Å².